The van der Waals surface area contributed by atoms with E-state index in [1.54, 1.807) is 0 Å². The van der Waals surface area contributed by atoms with Crippen LogP contribution in [0.5, 0.6) is 0 Å². The molecule has 0 bridgehead atoms. The van der Waals surface area contributed by atoms with Crippen LogP contribution >= 0.6 is 8.60 Å². The highest BCUT2D eigenvalue weighted by Crippen LogP contribution is 2.11. The van der Waals surface area contributed by atoms with E-state index in [0.29, 0.717) is 0 Å². The van der Waals surface area contributed by atoms with Crippen molar-refractivity contribution in [2.45, 2.75) is 19.6 Å². The van der Waals surface area contributed by atoms with Crippen LogP contribution in [-0.2, 0) is 0 Å². The Hall–Kier alpha value is 0.472. The fourth-order valence-corrected chi connectivity index (χ4v) is 0. The molecule has 0 unspecified atom stereocenters. The Kier molecular flexibility index (Phi) is 21.4. The summed E-state index contributed by atoms with van der Waals surface area (Å²) in [6.45, 7) is 6.92. The Bertz CT molecular complexity index is 51.3. The highest BCUT2D eigenvalue weighted by atomic mass is 31.2. The molecule has 0 aromatic rings. The van der Waals surface area contributed by atoms with Gasteiger partial charge in [-0.3, -0.25) is 0 Å². The van der Waals surface area contributed by atoms with Crippen LogP contribution in [0.1, 0.15) is 0 Å². The molecule has 0 amide bonds. The van der Waals surface area contributed by atoms with Crippen molar-refractivity contribution in [3.05, 3.63) is 0 Å². The van der Waals surface area contributed by atoms with Gasteiger partial charge < -0.3 is 29.8 Å². The molecule has 0 radical (unpaired) electrons. The van der Waals surface area contributed by atoms with Gasteiger partial charge in [-0.05, 0) is 0 Å². The van der Waals surface area contributed by atoms with Gasteiger partial charge >= 0.3 is 15.9 Å². The van der Waals surface area contributed by atoms with Crippen molar-refractivity contribution in [1.29, 1.82) is 0 Å². The highest BCUT2D eigenvalue weighted by Gasteiger charge is 1.92. The van der Waals surface area contributed by atoms with Crippen molar-refractivity contribution < 1.29 is 29.8 Å². The van der Waals surface area contributed by atoms with E-state index in [1.165, 1.54) is 0 Å². The first kappa shape index (κ1) is 18.3. The lowest BCUT2D eigenvalue weighted by Crippen LogP contribution is -2.07. The van der Waals surface area contributed by atoms with Gasteiger partial charge in [0.15, 0.2) is 0 Å². The summed E-state index contributed by atoms with van der Waals surface area (Å²) in [5, 5.41) is 21.5. The predicted molar refractivity (Wildman–Crippen MR) is 50.7 cm³/mol. The van der Waals surface area contributed by atoms with Crippen LogP contribution in [0.25, 0.3) is 0 Å². The van der Waals surface area contributed by atoms with Crippen LogP contribution in [0.15, 0.2) is 0 Å². The lowest BCUT2D eigenvalue weighted by Gasteiger charge is -1.76. The maximum Gasteiger partial charge on any atom is 0.631 e. The minimum absolute atomic E-state index is 0.139. The maximum absolute atomic E-state index is 7.23. The van der Waals surface area contributed by atoms with Crippen molar-refractivity contribution in [1.82, 2.24) is 0 Å². The molecule has 6 N–H and O–H groups in total. The van der Waals surface area contributed by atoms with E-state index in [2.05, 4.69) is 19.6 Å². The summed E-state index contributed by atoms with van der Waals surface area (Å²) in [4.78, 5) is 21.7. The second-order valence-corrected chi connectivity index (χ2v) is 6.35. The molecular weight excluding hydrogens is 202 g/mol. The standard InChI is InChI=1S/C3H10Si.BH3O3.H3O3P/c1-4(2)3;2-1(3)4;1-4(2)3/h4H,1-3H3;2-4H;1-3H. The minimum atomic E-state index is -2.62. The Labute approximate surface area is 74.9 Å². The largest absolute Gasteiger partial charge is 0.631 e. The van der Waals surface area contributed by atoms with E-state index in [9.17, 15) is 0 Å². The van der Waals surface area contributed by atoms with E-state index in [1.807, 2.05) is 0 Å². The molecule has 0 atom stereocenters. The zero-order valence-corrected chi connectivity index (χ0v) is 9.33. The Morgan fingerprint density at radius 2 is 0.917 bits per heavy atom. The molecule has 12 heavy (non-hydrogen) atoms. The molecule has 0 fully saturated rings. The molecule has 76 valence electrons. The molecule has 0 saturated carbocycles. The lowest BCUT2D eigenvalue weighted by atomic mass is 10.3. The minimum Gasteiger partial charge on any atom is -0.402 e. The molecule has 6 nitrogen and oxygen atoms in total. The van der Waals surface area contributed by atoms with Crippen molar-refractivity contribution >= 4 is 24.7 Å². The molecule has 0 aromatic heterocycles. The molecule has 0 rings (SSSR count). The molecule has 0 heterocycles. The first-order chi connectivity index (χ1) is 5.20. The van der Waals surface area contributed by atoms with Gasteiger partial charge in [0, 0.05) is 8.80 Å². The summed E-state index contributed by atoms with van der Waals surface area (Å²) in [7, 11) is -4.93. The predicted octanol–water partition coefficient (Wildman–Crippen LogP) is -1.76. The van der Waals surface area contributed by atoms with Crippen LogP contribution < -0.4 is 0 Å². The fourth-order valence-electron chi connectivity index (χ4n) is 0. The van der Waals surface area contributed by atoms with Gasteiger partial charge in [-0.2, -0.15) is 0 Å². The molecule has 0 spiro atoms. The van der Waals surface area contributed by atoms with E-state index in [0.717, 1.165) is 0 Å². The third-order valence-electron chi connectivity index (χ3n) is 0. The molecule has 0 saturated heterocycles. The first-order valence-corrected chi connectivity index (χ1v) is 7.77. The topological polar surface area (TPSA) is 121 Å². The normalized spacial score (nSPS) is 8.25. The third kappa shape index (κ3) is 4220. The fraction of sp³-hybridized carbons (Fsp3) is 1.00. The number of hydrogen-bond donors (Lipinski definition) is 6. The van der Waals surface area contributed by atoms with E-state index in [4.69, 9.17) is 29.8 Å². The Morgan fingerprint density at radius 3 is 0.917 bits per heavy atom. The van der Waals surface area contributed by atoms with E-state index in [-0.39, 0.29) is 8.80 Å². The van der Waals surface area contributed by atoms with Gasteiger partial charge in [-0.25, -0.2) is 0 Å². The monoisotopic (exact) mass is 218 g/mol. The van der Waals surface area contributed by atoms with E-state index >= 15 is 0 Å². The van der Waals surface area contributed by atoms with Gasteiger partial charge in [-0.1, -0.05) is 19.6 Å². The van der Waals surface area contributed by atoms with Crippen molar-refractivity contribution in [3.8, 4) is 0 Å². The van der Waals surface area contributed by atoms with E-state index < -0.39 is 15.9 Å². The second kappa shape index (κ2) is 14.0. The SMILES string of the molecule is C[SiH](C)C.OB(O)O.OP(O)O. The molecule has 0 aromatic carbocycles. The van der Waals surface area contributed by atoms with Crippen LogP contribution in [0.4, 0.5) is 0 Å². The van der Waals surface area contributed by atoms with Crippen LogP contribution in [0, 0.1) is 0 Å². The molecule has 0 aliphatic heterocycles. The number of hydrogen-bond acceptors (Lipinski definition) is 6. The van der Waals surface area contributed by atoms with Crippen molar-refractivity contribution in [3.63, 3.8) is 0 Å². The van der Waals surface area contributed by atoms with Crippen molar-refractivity contribution in [2.75, 3.05) is 0 Å². The van der Waals surface area contributed by atoms with Gasteiger partial charge in [-0.15, -0.1) is 0 Å². The maximum atomic E-state index is 7.23. The highest BCUT2D eigenvalue weighted by molar-refractivity contribution is 7.38. The lowest BCUT2D eigenvalue weighted by molar-refractivity contribution is 0.278. The summed E-state index contributed by atoms with van der Waals surface area (Å²) in [6.07, 6.45) is 0. The van der Waals surface area contributed by atoms with Gasteiger partial charge in [0.1, 0.15) is 0 Å². The average Bonchev–Trinajstić information content (AvgIpc) is 1.54. The summed E-state index contributed by atoms with van der Waals surface area (Å²) in [5.74, 6) is 0. The quantitative estimate of drug-likeness (QED) is 0.211. The summed E-state index contributed by atoms with van der Waals surface area (Å²) in [5.41, 5.74) is 0. The number of rotatable bonds is 0. The van der Waals surface area contributed by atoms with Crippen LogP contribution in [0.2, 0.25) is 19.6 Å². The average molecular weight is 218 g/mol. The summed E-state index contributed by atoms with van der Waals surface area (Å²) < 4.78 is 0. The summed E-state index contributed by atoms with van der Waals surface area (Å²) >= 11 is 0. The summed E-state index contributed by atoms with van der Waals surface area (Å²) in [6, 6.07) is 0. The Morgan fingerprint density at radius 1 is 0.917 bits per heavy atom. The zero-order chi connectivity index (χ0) is 10.7. The molecule has 9 heteroatoms. The van der Waals surface area contributed by atoms with Crippen molar-refractivity contribution in [2.24, 2.45) is 0 Å². The first-order valence-electron chi connectivity index (χ1n) is 3.11. The Balaban J connectivity index is -0.000000101. The zero-order valence-electron chi connectivity index (χ0n) is 7.29. The van der Waals surface area contributed by atoms with Crippen LogP contribution in [-0.4, -0.2) is 45.9 Å². The smallest absolute Gasteiger partial charge is 0.402 e. The van der Waals surface area contributed by atoms with Gasteiger partial charge in [0.2, 0.25) is 0 Å². The van der Waals surface area contributed by atoms with Crippen LogP contribution in [0.3, 0.4) is 0 Å². The second-order valence-electron chi connectivity index (χ2n) is 2.35. The molecular formula is C3H16BO6PSi. The molecule has 0 aliphatic rings. The third-order valence-corrected chi connectivity index (χ3v) is 0. The molecule has 0 aliphatic carbocycles. The van der Waals surface area contributed by atoms with Gasteiger partial charge in [0.25, 0.3) is 0 Å². The van der Waals surface area contributed by atoms with Gasteiger partial charge in [0.05, 0.1) is 0 Å².